The minimum absolute atomic E-state index is 0.281. The van der Waals surface area contributed by atoms with Crippen LogP contribution in [0.4, 0.5) is 11.4 Å². The van der Waals surface area contributed by atoms with Gasteiger partial charge in [0.2, 0.25) is 0 Å². The van der Waals surface area contributed by atoms with Gasteiger partial charge in [-0.05, 0) is 71.5 Å². The van der Waals surface area contributed by atoms with Crippen molar-refractivity contribution in [1.29, 1.82) is 0 Å². The first-order valence-electron chi connectivity index (χ1n) is 13.5. The topological polar surface area (TPSA) is 76.7 Å². The highest BCUT2D eigenvalue weighted by atomic mass is 16.5. The molecule has 38 heavy (non-hydrogen) atoms. The van der Waals surface area contributed by atoms with Crippen LogP contribution in [0.3, 0.4) is 0 Å². The summed E-state index contributed by atoms with van der Waals surface area (Å²) in [5.74, 6) is 0.170. The molecular formula is C32H40N2O4. The Morgan fingerprint density at radius 2 is 0.947 bits per heavy atom. The minimum Gasteiger partial charge on any atom is -0.462 e. The Bertz CT molecular complexity index is 1050. The fourth-order valence-corrected chi connectivity index (χ4v) is 3.47. The van der Waals surface area contributed by atoms with Gasteiger partial charge in [0.1, 0.15) is 0 Å². The summed E-state index contributed by atoms with van der Waals surface area (Å²) in [6, 6.07) is 23.1. The highest BCUT2D eigenvalue weighted by Gasteiger charge is 2.10. The number of hydrogen-bond acceptors (Lipinski definition) is 6. The summed E-state index contributed by atoms with van der Waals surface area (Å²) >= 11 is 0. The van der Waals surface area contributed by atoms with E-state index in [-0.39, 0.29) is 11.9 Å². The number of rotatable bonds is 14. The molecule has 3 aromatic rings. The van der Waals surface area contributed by atoms with Gasteiger partial charge in [0, 0.05) is 24.5 Å². The molecule has 0 saturated heterocycles. The zero-order valence-electron chi connectivity index (χ0n) is 23.0. The van der Waals surface area contributed by atoms with Crippen molar-refractivity contribution in [1.82, 2.24) is 0 Å². The molecule has 0 fully saturated rings. The number of esters is 2. The first-order chi connectivity index (χ1) is 18.4. The number of hydrogen-bond donors (Lipinski definition) is 2. The Hall–Kier alpha value is -3.80. The van der Waals surface area contributed by atoms with Crippen molar-refractivity contribution in [3.05, 3.63) is 95.1 Å². The molecule has 0 amide bonds. The molecule has 0 bridgehead atoms. The van der Waals surface area contributed by atoms with E-state index in [2.05, 4.69) is 62.6 Å². The first-order valence-corrected chi connectivity index (χ1v) is 13.5. The fraction of sp³-hybridized carbons (Fsp3) is 0.375. The van der Waals surface area contributed by atoms with Gasteiger partial charge in [-0.3, -0.25) is 0 Å². The molecule has 0 aliphatic carbocycles. The Kier molecular flexibility index (Phi) is 11.2. The van der Waals surface area contributed by atoms with E-state index in [1.165, 1.54) is 0 Å². The lowest BCUT2D eigenvalue weighted by Crippen LogP contribution is -2.11. The maximum absolute atomic E-state index is 12.2. The smallest absolute Gasteiger partial charge is 0.338 e. The molecule has 0 aliphatic rings. The van der Waals surface area contributed by atoms with Gasteiger partial charge in [-0.25, -0.2) is 9.59 Å². The second-order valence-corrected chi connectivity index (χ2v) is 9.90. The standard InChI is InChI=1S/C32H40N2O4/c1-5-23(3)21-37-31(35)27-11-15-29(16-12-27)33-19-25-7-9-26(10-8-25)20-34-30-17-13-28(14-18-30)32(36)38-22-24(4)6-2/h7-18,23-24,33-34H,5-6,19-22H2,1-4H3. The van der Waals surface area contributed by atoms with E-state index in [0.717, 1.165) is 35.3 Å². The van der Waals surface area contributed by atoms with E-state index in [4.69, 9.17) is 9.47 Å². The summed E-state index contributed by atoms with van der Waals surface area (Å²) in [4.78, 5) is 24.3. The normalized spacial score (nSPS) is 12.3. The Morgan fingerprint density at radius 1 is 0.605 bits per heavy atom. The van der Waals surface area contributed by atoms with Crippen molar-refractivity contribution >= 4 is 23.3 Å². The Balaban J connectivity index is 1.42. The van der Waals surface area contributed by atoms with Crippen molar-refractivity contribution in [3.63, 3.8) is 0 Å². The molecule has 0 radical (unpaired) electrons. The number of anilines is 2. The van der Waals surface area contributed by atoms with Gasteiger partial charge in [-0.1, -0.05) is 64.8 Å². The number of carbonyl (C=O) groups is 2. The fourth-order valence-electron chi connectivity index (χ4n) is 3.47. The lowest BCUT2D eigenvalue weighted by Gasteiger charge is -2.11. The zero-order valence-corrected chi connectivity index (χ0v) is 23.0. The number of benzene rings is 3. The van der Waals surface area contributed by atoms with Crippen LogP contribution in [0.2, 0.25) is 0 Å². The number of nitrogens with one attached hydrogen (secondary N) is 2. The molecule has 6 heteroatoms. The van der Waals surface area contributed by atoms with E-state index >= 15 is 0 Å². The quantitative estimate of drug-likeness (QED) is 0.219. The van der Waals surface area contributed by atoms with E-state index in [9.17, 15) is 9.59 Å². The highest BCUT2D eigenvalue weighted by molar-refractivity contribution is 5.90. The Labute approximate surface area is 226 Å². The lowest BCUT2D eigenvalue weighted by molar-refractivity contribution is 0.0438. The van der Waals surface area contributed by atoms with Gasteiger partial charge in [0.15, 0.2) is 0 Å². The third-order valence-electron chi connectivity index (χ3n) is 6.65. The molecule has 0 saturated carbocycles. The average Bonchev–Trinajstić information content (AvgIpc) is 2.97. The lowest BCUT2D eigenvalue weighted by atomic mass is 10.1. The maximum Gasteiger partial charge on any atom is 0.338 e. The van der Waals surface area contributed by atoms with Gasteiger partial charge in [-0.2, -0.15) is 0 Å². The maximum atomic E-state index is 12.2. The summed E-state index contributed by atoms with van der Waals surface area (Å²) in [6.07, 6.45) is 1.97. The van der Waals surface area contributed by atoms with Gasteiger partial charge in [-0.15, -0.1) is 0 Å². The van der Waals surface area contributed by atoms with Crippen LogP contribution in [0, 0.1) is 11.8 Å². The minimum atomic E-state index is -0.281. The van der Waals surface area contributed by atoms with Crippen LogP contribution in [0.1, 0.15) is 72.4 Å². The summed E-state index contributed by atoms with van der Waals surface area (Å²) in [5, 5.41) is 6.78. The average molecular weight is 517 g/mol. The van der Waals surface area contributed by atoms with Crippen LogP contribution in [0.15, 0.2) is 72.8 Å². The third-order valence-corrected chi connectivity index (χ3v) is 6.65. The van der Waals surface area contributed by atoms with Crippen molar-refractivity contribution in [2.45, 2.75) is 53.6 Å². The van der Waals surface area contributed by atoms with Crippen molar-refractivity contribution in [2.75, 3.05) is 23.8 Å². The second kappa shape index (κ2) is 14.8. The zero-order chi connectivity index (χ0) is 27.3. The summed E-state index contributed by atoms with van der Waals surface area (Å²) in [6.45, 7) is 10.6. The van der Waals surface area contributed by atoms with E-state index < -0.39 is 0 Å². The van der Waals surface area contributed by atoms with Crippen molar-refractivity contribution < 1.29 is 19.1 Å². The number of carbonyl (C=O) groups excluding carboxylic acids is 2. The molecule has 2 unspecified atom stereocenters. The molecular weight excluding hydrogens is 476 g/mol. The molecule has 3 rings (SSSR count). The van der Waals surface area contributed by atoms with Crippen LogP contribution >= 0.6 is 0 Å². The van der Waals surface area contributed by atoms with Gasteiger partial charge < -0.3 is 20.1 Å². The van der Waals surface area contributed by atoms with Gasteiger partial charge in [0.25, 0.3) is 0 Å². The molecule has 0 spiro atoms. The third kappa shape index (κ3) is 9.25. The van der Waals surface area contributed by atoms with Crippen LogP contribution in [0.5, 0.6) is 0 Å². The summed E-state index contributed by atoms with van der Waals surface area (Å²) < 4.78 is 10.7. The summed E-state index contributed by atoms with van der Waals surface area (Å²) in [5.41, 5.74) is 5.33. The van der Waals surface area contributed by atoms with Crippen LogP contribution in [-0.2, 0) is 22.6 Å². The predicted molar refractivity (Wildman–Crippen MR) is 153 cm³/mol. The van der Waals surface area contributed by atoms with E-state index in [1.54, 1.807) is 24.3 Å². The molecule has 202 valence electrons. The SMILES string of the molecule is CCC(C)COC(=O)c1ccc(NCc2ccc(CNc3ccc(C(=O)OCC(C)CC)cc3)cc2)cc1. The molecule has 0 aromatic heterocycles. The number of ether oxygens (including phenoxy) is 2. The molecule has 2 N–H and O–H groups in total. The first kappa shape index (κ1) is 28.8. The van der Waals surface area contributed by atoms with E-state index in [0.29, 0.717) is 49.3 Å². The molecule has 0 aliphatic heterocycles. The van der Waals surface area contributed by atoms with Crippen molar-refractivity contribution in [2.24, 2.45) is 11.8 Å². The molecule has 6 nitrogen and oxygen atoms in total. The Morgan fingerprint density at radius 3 is 1.26 bits per heavy atom. The predicted octanol–water partition coefficient (Wildman–Crippen LogP) is 7.32. The van der Waals surface area contributed by atoms with Crippen LogP contribution < -0.4 is 10.6 Å². The van der Waals surface area contributed by atoms with Crippen LogP contribution in [-0.4, -0.2) is 25.2 Å². The molecule has 0 heterocycles. The van der Waals surface area contributed by atoms with Crippen LogP contribution in [0.25, 0.3) is 0 Å². The van der Waals surface area contributed by atoms with Gasteiger partial charge >= 0.3 is 11.9 Å². The van der Waals surface area contributed by atoms with Crippen molar-refractivity contribution in [3.8, 4) is 0 Å². The summed E-state index contributed by atoms with van der Waals surface area (Å²) in [7, 11) is 0. The molecule has 2 atom stereocenters. The van der Waals surface area contributed by atoms with E-state index in [1.807, 2.05) is 24.3 Å². The largest absolute Gasteiger partial charge is 0.462 e. The molecule has 3 aromatic carbocycles. The monoisotopic (exact) mass is 516 g/mol. The second-order valence-electron chi connectivity index (χ2n) is 9.90. The highest BCUT2D eigenvalue weighted by Crippen LogP contribution is 2.16. The van der Waals surface area contributed by atoms with Gasteiger partial charge in [0.05, 0.1) is 24.3 Å².